The molecule has 1 rings (SSSR count). The Balaban J connectivity index is 2.87. The zero-order valence-electron chi connectivity index (χ0n) is 14.6. The number of hydrogen-bond donors (Lipinski definition) is 1. The van der Waals surface area contributed by atoms with E-state index in [1.165, 1.54) is 44.1 Å². The largest absolute Gasteiger partial charge is 0.313 e. The first-order chi connectivity index (χ1) is 10.2. The highest BCUT2D eigenvalue weighted by molar-refractivity contribution is 5.22. The smallest absolute Gasteiger partial charge is 0.0138 e. The Kier molecular flexibility index (Phi) is 9.41. The third-order valence-corrected chi connectivity index (χ3v) is 4.65. The van der Waals surface area contributed by atoms with E-state index in [9.17, 15) is 0 Å². The summed E-state index contributed by atoms with van der Waals surface area (Å²) in [7, 11) is 0. The molecule has 1 heteroatoms. The van der Waals surface area contributed by atoms with Crippen molar-refractivity contribution in [1.82, 2.24) is 5.32 Å². The number of rotatable bonds is 11. The molecule has 1 aromatic rings. The SMILES string of the molecule is CCCCCC(NCCC)C(c1ccccc1)C(C)CC. The van der Waals surface area contributed by atoms with E-state index < -0.39 is 0 Å². The summed E-state index contributed by atoms with van der Waals surface area (Å²) in [5.74, 6) is 1.36. The lowest BCUT2D eigenvalue weighted by atomic mass is 9.78. The molecule has 0 aliphatic rings. The van der Waals surface area contributed by atoms with E-state index in [4.69, 9.17) is 0 Å². The van der Waals surface area contributed by atoms with Gasteiger partial charge in [0.2, 0.25) is 0 Å². The summed E-state index contributed by atoms with van der Waals surface area (Å²) in [5.41, 5.74) is 1.51. The molecule has 0 aliphatic heterocycles. The monoisotopic (exact) mass is 289 g/mol. The first kappa shape index (κ1) is 18.2. The fraction of sp³-hybridized carbons (Fsp3) is 0.700. The van der Waals surface area contributed by atoms with Crippen LogP contribution in [0.15, 0.2) is 30.3 Å². The predicted octanol–water partition coefficient (Wildman–Crippen LogP) is 5.76. The molecule has 21 heavy (non-hydrogen) atoms. The second-order valence-electron chi connectivity index (χ2n) is 6.38. The van der Waals surface area contributed by atoms with Crippen LogP contribution in [0.5, 0.6) is 0 Å². The fourth-order valence-corrected chi connectivity index (χ4v) is 3.24. The number of unbranched alkanes of at least 4 members (excludes halogenated alkanes) is 2. The molecule has 0 spiro atoms. The first-order valence-electron chi connectivity index (χ1n) is 9.02. The van der Waals surface area contributed by atoms with Gasteiger partial charge in [-0.2, -0.15) is 0 Å². The quantitative estimate of drug-likeness (QED) is 0.510. The maximum atomic E-state index is 3.84. The lowest BCUT2D eigenvalue weighted by molar-refractivity contribution is 0.314. The molecular formula is C20H35N. The summed E-state index contributed by atoms with van der Waals surface area (Å²) in [4.78, 5) is 0. The van der Waals surface area contributed by atoms with Crippen LogP contribution in [0.4, 0.5) is 0 Å². The highest BCUT2D eigenvalue weighted by atomic mass is 14.9. The molecule has 1 N–H and O–H groups in total. The predicted molar refractivity (Wildman–Crippen MR) is 94.9 cm³/mol. The van der Waals surface area contributed by atoms with Gasteiger partial charge in [-0.05, 0) is 30.9 Å². The first-order valence-corrected chi connectivity index (χ1v) is 9.02. The lowest BCUT2D eigenvalue weighted by Crippen LogP contribution is -2.38. The van der Waals surface area contributed by atoms with Gasteiger partial charge in [0.1, 0.15) is 0 Å². The van der Waals surface area contributed by atoms with Crippen LogP contribution in [0, 0.1) is 5.92 Å². The maximum Gasteiger partial charge on any atom is 0.0138 e. The van der Waals surface area contributed by atoms with Crippen molar-refractivity contribution in [3.63, 3.8) is 0 Å². The van der Waals surface area contributed by atoms with Gasteiger partial charge >= 0.3 is 0 Å². The topological polar surface area (TPSA) is 12.0 Å². The molecule has 3 atom stereocenters. The van der Waals surface area contributed by atoms with Crippen LogP contribution in [-0.4, -0.2) is 12.6 Å². The van der Waals surface area contributed by atoms with Crippen LogP contribution >= 0.6 is 0 Å². The average Bonchev–Trinajstić information content (AvgIpc) is 2.53. The van der Waals surface area contributed by atoms with E-state index in [0.29, 0.717) is 12.0 Å². The Hall–Kier alpha value is -0.820. The Bertz CT molecular complexity index is 346. The molecule has 0 aromatic heterocycles. The van der Waals surface area contributed by atoms with E-state index in [1.54, 1.807) is 0 Å². The maximum absolute atomic E-state index is 3.84. The van der Waals surface area contributed by atoms with E-state index in [0.717, 1.165) is 12.5 Å². The molecule has 0 saturated carbocycles. The van der Waals surface area contributed by atoms with Gasteiger partial charge in [0.25, 0.3) is 0 Å². The van der Waals surface area contributed by atoms with Crippen LogP contribution in [0.3, 0.4) is 0 Å². The van der Waals surface area contributed by atoms with E-state index in [1.807, 2.05) is 0 Å². The van der Waals surface area contributed by atoms with Crippen molar-refractivity contribution in [1.29, 1.82) is 0 Å². The van der Waals surface area contributed by atoms with Crippen molar-refractivity contribution in [2.45, 2.75) is 78.2 Å². The standard InChI is InChI=1S/C20H35N/c1-5-8-10-15-19(21-16-6-2)20(17(4)7-3)18-13-11-9-12-14-18/h9,11-14,17,19-21H,5-8,10,15-16H2,1-4H3. The highest BCUT2D eigenvalue weighted by Crippen LogP contribution is 2.32. The van der Waals surface area contributed by atoms with Crippen molar-refractivity contribution < 1.29 is 0 Å². The molecule has 0 bridgehead atoms. The minimum absolute atomic E-state index is 0.619. The van der Waals surface area contributed by atoms with Crippen LogP contribution in [-0.2, 0) is 0 Å². The van der Waals surface area contributed by atoms with Crippen molar-refractivity contribution in [2.75, 3.05) is 6.54 Å². The van der Waals surface area contributed by atoms with Crippen LogP contribution in [0.2, 0.25) is 0 Å². The van der Waals surface area contributed by atoms with E-state index >= 15 is 0 Å². The Labute approximate surface area is 132 Å². The van der Waals surface area contributed by atoms with Gasteiger partial charge in [0, 0.05) is 12.0 Å². The Morgan fingerprint density at radius 2 is 1.67 bits per heavy atom. The van der Waals surface area contributed by atoms with Gasteiger partial charge in [-0.3, -0.25) is 0 Å². The summed E-state index contributed by atoms with van der Waals surface area (Å²) in [5, 5.41) is 3.84. The molecular weight excluding hydrogens is 254 g/mol. The van der Waals surface area contributed by atoms with Crippen LogP contribution in [0.25, 0.3) is 0 Å². The Morgan fingerprint density at radius 1 is 0.952 bits per heavy atom. The minimum Gasteiger partial charge on any atom is -0.313 e. The Morgan fingerprint density at radius 3 is 2.24 bits per heavy atom. The molecule has 1 aromatic carbocycles. The van der Waals surface area contributed by atoms with Gasteiger partial charge < -0.3 is 5.32 Å². The summed E-state index contributed by atoms with van der Waals surface area (Å²) >= 11 is 0. The van der Waals surface area contributed by atoms with E-state index in [-0.39, 0.29) is 0 Å². The molecule has 0 amide bonds. The van der Waals surface area contributed by atoms with Gasteiger partial charge in [0.05, 0.1) is 0 Å². The molecule has 0 heterocycles. The van der Waals surface area contributed by atoms with Gasteiger partial charge in [-0.25, -0.2) is 0 Å². The summed E-state index contributed by atoms with van der Waals surface area (Å²) in [6, 6.07) is 11.8. The summed E-state index contributed by atoms with van der Waals surface area (Å²) < 4.78 is 0. The zero-order chi connectivity index (χ0) is 15.5. The van der Waals surface area contributed by atoms with Crippen molar-refractivity contribution >= 4 is 0 Å². The van der Waals surface area contributed by atoms with Gasteiger partial charge in [-0.15, -0.1) is 0 Å². The van der Waals surface area contributed by atoms with Crippen molar-refractivity contribution in [2.24, 2.45) is 5.92 Å². The fourth-order valence-electron chi connectivity index (χ4n) is 3.24. The van der Waals surface area contributed by atoms with Gasteiger partial charge in [0.15, 0.2) is 0 Å². The average molecular weight is 290 g/mol. The van der Waals surface area contributed by atoms with Crippen LogP contribution in [0.1, 0.15) is 77.7 Å². The lowest BCUT2D eigenvalue weighted by Gasteiger charge is -2.33. The number of hydrogen-bond acceptors (Lipinski definition) is 1. The number of benzene rings is 1. The molecule has 3 unspecified atom stereocenters. The van der Waals surface area contributed by atoms with Gasteiger partial charge in [-0.1, -0.05) is 83.7 Å². The summed E-state index contributed by atoms with van der Waals surface area (Å²) in [6.07, 6.45) is 7.77. The molecule has 120 valence electrons. The van der Waals surface area contributed by atoms with Crippen molar-refractivity contribution in [3.05, 3.63) is 35.9 Å². The molecule has 0 fully saturated rings. The minimum atomic E-state index is 0.619. The molecule has 0 saturated heterocycles. The van der Waals surface area contributed by atoms with Crippen LogP contribution < -0.4 is 5.32 Å². The summed E-state index contributed by atoms with van der Waals surface area (Å²) in [6.45, 7) is 10.4. The normalized spacial score (nSPS) is 15.6. The second kappa shape index (κ2) is 10.8. The third kappa shape index (κ3) is 6.22. The highest BCUT2D eigenvalue weighted by Gasteiger charge is 2.26. The van der Waals surface area contributed by atoms with Crippen molar-refractivity contribution in [3.8, 4) is 0 Å². The molecule has 0 aliphatic carbocycles. The zero-order valence-corrected chi connectivity index (χ0v) is 14.6. The number of nitrogens with one attached hydrogen (secondary N) is 1. The van der Waals surface area contributed by atoms with E-state index in [2.05, 4.69) is 63.3 Å². The molecule has 0 radical (unpaired) electrons. The molecule has 1 nitrogen and oxygen atoms in total. The second-order valence-corrected chi connectivity index (χ2v) is 6.38. The third-order valence-electron chi connectivity index (χ3n) is 4.65.